The molecule has 1 aromatic rings. The van der Waals surface area contributed by atoms with Gasteiger partial charge in [-0.2, -0.15) is 0 Å². The Bertz CT molecular complexity index is 522. The molecule has 2 rings (SSSR count). The summed E-state index contributed by atoms with van der Waals surface area (Å²) in [6.07, 6.45) is 7.25. The van der Waals surface area contributed by atoms with Crippen molar-refractivity contribution in [1.29, 1.82) is 0 Å². The van der Waals surface area contributed by atoms with Crippen molar-refractivity contribution in [2.24, 2.45) is 11.1 Å². The summed E-state index contributed by atoms with van der Waals surface area (Å²) in [5.41, 5.74) is 8.30. The van der Waals surface area contributed by atoms with E-state index in [2.05, 4.69) is 17.4 Å². The Morgan fingerprint density at radius 3 is 2.70 bits per heavy atom. The van der Waals surface area contributed by atoms with E-state index in [0.29, 0.717) is 19.5 Å². The van der Waals surface area contributed by atoms with E-state index in [-0.39, 0.29) is 11.3 Å². The fourth-order valence-electron chi connectivity index (χ4n) is 3.52. The summed E-state index contributed by atoms with van der Waals surface area (Å²) < 4.78 is 5.34. The second-order valence-electron chi connectivity index (χ2n) is 6.85. The van der Waals surface area contributed by atoms with Gasteiger partial charge in [-0.15, -0.1) is 0 Å². The Morgan fingerprint density at radius 2 is 2.04 bits per heavy atom. The van der Waals surface area contributed by atoms with Crippen molar-refractivity contribution in [2.75, 3.05) is 20.2 Å². The molecule has 0 bridgehead atoms. The maximum Gasteiger partial charge on any atom is 0.220 e. The van der Waals surface area contributed by atoms with Crippen LogP contribution in [0, 0.1) is 12.3 Å². The molecule has 1 saturated carbocycles. The quantitative estimate of drug-likeness (QED) is 0.812. The van der Waals surface area contributed by atoms with Gasteiger partial charge < -0.3 is 15.8 Å². The summed E-state index contributed by atoms with van der Waals surface area (Å²) in [5.74, 6) is 1.04. The van der Waals surface area contributed by atoms with E-state index in [0.717, 1.165) is 30.6 Å². The molecule has 0 heterocycles. The molecule has 23 heavy (non-hydrogen) atoms. The van der Waals surface area contributed by atoms with Crippen molar-refractivity contribution in [3.63, 3.8) is 0 Å². The Hall–Kier alpha value is -1.55. The molecule has 1 aliphatic carbocycles. The van der Waals surface area contributed by atoms with E-state index in [9.17, 15) is 4.79 Å². The van der Waals surface area contributed by atoms with E-state index in [4.69, 9.17) is 10.5 Å². The third kappa shape index (κ3) is 4.96. The lowest BCUT2D eigenvalue weighted by atomic mass is 9.71. The minimum Gasteiger partial charge on any atom is -0.496 e. The Morgan fingerprint density at radius 1 is 1.30 bits per heavy atom. The minimum absolute atomic E-state index is 0.0371. The number of nitrogens with two attached hydrogens (primary N) is 1. The van der Waals surface area contributed by atoms with Crippen LogP contribution in [0.1, 0.15) is 49.7 Å². The number of nitrogens with one attached hydrogen (secondary N) is 1. The first-order valence-corrected chi connectivity index (χ1v) is 8.69. The van der Waals surface area contributed by atoms with Gasteiger partial charge in [0.2, 0.25) is 5.91 Å². The topological polar surface area (TPSA) is 64.3 Å². The molecular formula is C19H30N2O2. The third-order valence-electron chi connectivity index (χ3n) is 5.09. The molecule has 1 aromatic carbocycles. The SMILES string of the molecule is COc1cc(CCNC(=O)CC2(CN)CCCCC2)ccc1C. The molecule has 0 unspecified atom stereocenters. The highest BCUT2D eigenvalue weighted by Crippen LogP contribution is 2.38. The highest BCUT2D eigenvalue weighted by Gasteiger charge is 2.32. The average Bonchev–Trinajstić information content (AvgIpc) is 2.57. The maximum absolute atomic E-state index is 12.3. The monoisotopic (exact) mass is 318 g/mol. The molecule has 0 saturated heterocycles. The summed E-state index contributed by atoms with van der Waals surface area (Å²) >= 11 is 0. The van der Waals surface area contributed by atoms with Crippen LogP contribution < -0.4 is 15.8 Å². The Labute approximate surface area is 139 Å². The lowest BCUT2D eigenvalue weighted by Gasteiger charge is -2.35. The summed E-state index contributed by atoms with van der Waals surface area (Å²) in [4.78, 5) is 12.3. The van der Waals surface area contributed by atoms with Gasteiger partial charge in [0.05, 0.1) is 7.11 Å². The van der Waals surface area contributed by atoms with Crippen molar-refractivity contribution in [3.05, 3.63) is 29.3 Å². The summed E-state index contributed by atoms with van der Waals surface area (Å²) in [5, 5.41) is 3.05. The van der Waals surface area contributed by atoms with Gasteiger partial charge in [0.1, 0.15) is 5.75 Å². The second kappa shape index (κ2) is 8.34. The fourth-order valence-corrected chi connectivity index (χ4v) is 3.52. The van der Waals surface area contributed by atoms with E-state index in [1.165, 1.54) is 24.8 Å². The van der Waals surface area contributed by atoms with Gasteiger partial charge in [-0.05, 0) is 55.3 Å². The van der Waals surface area contributed by atoms with Crippen LogP contribution >= 0.6 is 0 Å². The molecule has 3 N–H and O–H groups in total. The van der Waals surface area contributed by atoms with Gasteiger partial charge in [-0.25, -0.2) is 0 Å². The number of hydrogen-bond acceptors (Lipinski definition) is 3. The van der Waals surface area contributed by atoms with Crippen LogP contribution in [0.3, 0.4) is 0 Å². The molecule has 0 aliphatic heterocycles. The average molecular weight is 318 g/mol. The standard InChI is InChI=1S/C19H30N2O2/c1-15-6-7-16(12-17(15)23-2)8-11-21-18(22)13-19(14-20)9-4-3-5-10-19/h6-7,12H,3-5,8-11,13-14,20H2,1-2H3,(H,21,22). The normalized spacial score (nSPS) is 16.8. The third-order valence-corrected chi connectivity index (χ3v) is 5.09. The number of hydrogen-bond donors (Lipinski definition) is 2. The van der Waals surface area contributed by atoms with E-state index in [1.54, 1.807) is 7.11 Å². The van der Waals surface area contributed by atoms with E-state index < -0.39 is 0 Å². The van der Waals surface area contributed by atoms with Crippen molar-refractivity contribution >= 4 is 5.91 Å². The first kappa shape index (κ1) is 17.8. The van der Waals surface area contributed by atoms with Crippen molar-refractivity contribution in [2.45, 2.75) is 51.9 Å². The first-order valence-electron chi connectivity index (χ1n) is 8.69. The van der Waals surface area contributed by atoms with Gasteiger partial charge in [-0.3, -0.25) is 4.79 Å². The zero-order valence-electron chi connectivity index (χ0n) is 14.5. The van der Waals surface area contributed by atoms with Crippen LogP contribution in [0.4, 0.5) is 0 Å². The van der Waals surface area contributed by atoms with Gasteiger partial charge in [-0.1, -0.05) is 31.4 Å². The Kier molecular flexibility index (Phi) is 6.46. The minimum atomic E-state index is 0.0371. The smallest absolute Gasteiger partial charge is 0.220 e. The van der Waals surface area contributed by atoms with Crippen molar-refractivity contribution < 1.29 is 9.53 Å². The molecule has 128 valence electrons. The van der Waals surface area contributed by atoms with Gasteiger partial charge >= 0.3 is 0 Å². The molecule has 4 nitrogen and oxygen atoms in total. The largest absolute Gasteiger partial charge is 0.496 e. The predicted molar refractivity (Wildman–Crippen MR) is 93.6 cm³/mol. The summed E-state index contributed by atoms with van der Waals surface area (Å²) in [7, 11) is 1.68. The van der Waals surface area contributed by atoms with Crippen LogP contribution in [0.15, 0.2) is 18.2 Å². The first-order chi connectivity index (χ1) is 11.1. The molecular weight excluding hydrogens is 288 g/mol. The zero-order chi connectivity index (χ0) is 16.7. The second-order valence-corrected chi connectivity index (χ2v) is 6.85. The van der Waals surface area contributed by atoms with E-state index in [1.807, 2.05) is 13.0 Å². The van der Waals surface area contributed by atoms with Gasteiger partial charge in [0.15, 0.2) is 0 Å². The van der Waals surface area contributed by atoms with Gasteiger partial charge in [0, 0.05) is 13.0 Å². The number of carbonyl (C=O) groups excluding carboxylic acids is 1. The van der Waals surface area contributed by atoms with Crippen molar-refractivity contribution in [3.8, 4) is 5.75 Å². The number of aryl methyl sites for hydroxylation is 1. The molecule has 0 atom stereocenters. The van der Waals surface area contributed by atoms with Crippen LogP contribution in [0.25, 0.3) is 0 Å². The van der Waals surface area contributed by atoms with Crippen molar-refractivity contribution in [1.82, 2.24) is 5.32 Å². The predicted octanol–water partition coefficient (Wildman–Crippen LogP) is 2.96. The molecule has 1 aliphatic rings. The molecule has 0 aromatic heterocycles. The fraction of sp³-hybridized carbons (Fsp3) is 0.632. The highest BCUT2D eigenvalue weighted by atomic mass is 16.5. The van der Waals surface area contributed by atoms with Crippen LogP contribution in [-0.4, -0.2) is 26.1 Å². The van der Waals surface area contributed by atoms with Crippen LogP contribution in [0.2, 0.25) is 0 Å². The summed E-state index contributed by atoms with van der Waals surface area (Å²) in [6, 6.07) is 6.19. The Balaban J connectivity index is 1.80. The molecule has 0 spiro atoms. The number of ether oxygens (including phenoxy) is 1. The highest BCUT2D eigenvalue weighted by molar-refractivity contribution is 5.76. The number of benzene rings is 1. The number of rotatable bonds is 7. The van der Waals surface area contributed by atoms with Gasteiger partial charge in [0.25, 0.3) is 0 Å². The number of methoxy groups -OCH3 is 1. The molecule has 1 fully saturated rings. The maximum atomic E-state index is 12.3. The number of carbonyl (C=O) groups is 1. The summed E-state index contributed by atoms with van der Waals surface area (Å²) in [6.45, 7) is 3.31. The van der Waals surface area contributed by atoms with Crippen LogP contribution in [0.5, 0.6) is 5.75 Å². The lowest BCUT2D eigenvalue weighted by Crippen LogP contribution is -2.39. The number of amides is 1. The molecule has 4 heteroatoms. The van der Waals surface area contributed by atoms with E-state index >= 15 is 0 Å². The molecule has 0 radical (unpaired) electrons. The lowest BCUT2D eigenvalue weighted by molar-refractivity contribution is -0.123. The van der Waals surface area contributed by atoms with Crippen LogP contribution in [-0.2, 0) is 11.2 Å². The zero-order valence-corrected chi connectivity index (χ0v) is 14.5. The molecule has 1 amide bonds.